The molecule has 0 fully saturated rings. The monoisotopic (exact) mass is 178 g/mol. The van der Waals surface area contributed by atoms with E-state index in [1.165, 1.54) is 12.0 Å². The largest absolute Gasteiger partial charge is 0.310 e. The predicted octanol–water partition coefficient (Wildman–Crippen LogP) is 2.45. The van der Waals surface area contributed by atoms with Crippen LogP contribution >= 0.6 is 0 Å². The van der Waals surface area contributed by atoms with E-state index in [1.807, 2.05) is 12.3 Å². The van der Waals surface area contributed by atoms with Gasteiger partial charge in [-0.2, -0.15) is 0 Å². The molecule has 0 saturated heterocycles. The first-order valence-electron chi connectivity index (χ1n) is 4.90. The van der Waals surface area contributed by atoms with Crippen LogP contribution in [0.4, 0.5) is 0 Å². The molecule has 13 heavy (non-hydrogen) atoms. The van der Waals surface area contributed by atoms with Crippen LogP contribution in [-0.4, -0.2) is 11.5 Å². The second kappa shape index (κ2) is 4.97. The number of rotatable bonds is 4. The molecule has 0 amide bonds. The molecule has 0 aliphatic carbocycles. The van der Waals surface area contributed by atoms with E-state index in [9.17, 15) is 0 Å². The van der Waals surface area contributed by atoms with Crippen molar-refractivity contribution in [1.29, 1.82) is 0 Å². The van der Waals surface area contributed by atoms with Crippen LogP contribution in [0.1, 0.15) is 37.6 Å². The smallest absolute Gasteiger partial charge is 0.0420 e. The Morgan fingerprint density at radius 1 is 1.54 bits per heavy atom. The fourth-order valence-corrected chi connectivity index (χ4v) is 1.43. The minimum atomic E-state index is 0.411. The second-order valence-electron chi connectivity index (χ2n) is 3.35. The molecule has 1 aromatic rings. The summed E-state index contributed by atoms with van der Waals surface area (Å²) >= 11 is 0. The van der Waals surface area contributed by atoms with Gasteiger partial charge in [0.2, 0.25) is 0 Å². The maximum absolute atomic E-state index is 4.27. The summed E-state index contributed by atoms with van der Waals surface area (Å²) in [5.74, 6) is 0. The molecule has 0 spiro atoms. The zero-order valence-electron chi connectivity index (χ0n) is 8.67. The first-order chi connectivity index (χ1) is 6.25. The van der Waals surface area contributed by atoms with Crippen molar-refractivity contribution in [1.82, 2.24) is 10.3 Å². The van der Waals surface area contributed by atoms with Gasteiger partial charge >= 0.3 is 0 Å². The molecule has 2 nitrogen and oxygen atoms in total. The highest BCUT2D eigenvalue weighted by Gasteiger charge is 2.06. The van der Waals surface area contributed by atoms with E-state index in [4.69, 9.17) is 0 Å². The molecule has 1 N–H and O–H groups in total. The van der Waals surface area contributed by atoms with E-state index in [1.54, 1.807) is 0 Å². The molecule has 2 heteroatoms. The van der Waals surface area contributed by atoms with Crippen molar-refractivity contribution < 1.29 is 0 Å². The van der Waals surface area contributed by atoms with Crippen molar-refractivity contribution in [3.63, 3.8) is 0 Å². The van der Waals surface area contributed by atoms with E-state index in [0.717, 1.165) is 12.2 Å². The van der Waals surface area contributed by atoms with Crippen LogP contribution in [0.15, 0.2) is 18.3 Å². The summed E-state index contributed by atoms with van der Waals surface area (Å²) in [6, 6.07) is 4.54. The maximum atomic E-state index is 4.27. The van der Waals surface area contributed by atoms with Crippen LogP contribution < -0.4 is 5.32 Å². The lowest BCUT2D eigenvalue weighted by Crippen LogP contribution is -2.20. The van der Waals surface area contributed by atoms with Gasteiger partial charge in [-0.05, 0) is 38.4 Å². The van der Waals surface area contributed by atoms with E-state index >= 15 is 0 Å². The molecule has 1 heterocycles. The quantitative estimate of drug-likeness (QED) is 0.766. The first-order valence-corrected chi connectivity index (χ1v) is 4.90. The lowest BCUT2D eigenvalue weighted by atomic mass is 10.1. The van der Waals surface area contributed by atoms with Crippen molar-refractivity contribution in [2.24, 2.45) is 0 Å². The van der Waals surface area contributed by atoms with E-state index in [2.05, 4.69) is 37.1 Å². The van der Waals surface area contributed by atoms with Gasteiger partial charge in [0.25, 0.3) is 0 Å². The van der Waals surface area contributed by atoms with Gasteiger partial charge in [0.1, 0.15) is 0 Å². The SMILES string of the molecule is CCCNC(C)c1cccnc1C. The third-order valence-corrected chi connectivity index (χ3v) is 2.21. The summed E-state index contributed by atoms with van der Waals surface area (Å²) in [6.45, 7) is 7.48. The zero-order valence-corrected chi connectivity index (χ0v) is 8.67. The Bertz CT molecular complexity index is 258. The third kappa shape index (κ3) is 2.81. The van der Waals surface area contributed by atoms with E-state index in [0.29, 0.717) is 6.04 Å². The second-order valence-corrected chi connectivity index (χ2v) is 3.35. The molecule has 0 radical (unpaired) electrons. The Labute approximate surface area is 80.4 Å². The van der Waals surface area contributed by atoms with Crippen molar-refractivity contribution in [3.05, 3.63) is 29.6 Å². The van der Waals surface area contributed by atoms with Crippen LogP contribution in [0.25, 0.3) is 0 Å². The predicted molar refractivity (Wildman–Crippen MR) is 55.7 cm³/mol. The average Bonchev–Trinajstić information content (AvgIpc) is 2.15. The number of hydrogen-bond donors (Lipinski definition) is 1. The van der Waals surface area contributed by atoms with Gasteiger partial charge in [-0.15, -0.1) is 0 Å². The number of aromatic nitrogens is 1. The molecule has 0 saturated carbocycles. The number of nitrogens with one attached hydrogen (secondary N) is 1. The molecule has 0 aliphatic rings. The summed E-state index contributed by atoms with van der Waals surface area (Å²) in [4.78, 5) is 4.27. The lowest BCUT2D eigenvalue weighted by Gasteiger charge is -2.14. The lowest BCUT2D eigenvalue weighted by molar-refractivity contribution is 0.566. The first kappa shape index (κ1) is 10.2. The average molecular weight is 178 g/mol. The molecular weight excluding hydrogens is 160 g/mol. The minimum absolute atomic E-state index is 0.411. The number of aryl methyl sites for hydroxylation is 1. The molecule has 0 aromatic carbocycles. The number of pyridine rings is 1. The van der Waals surface area contributed by atoms with Gasteiger partial charge in [-0.25, -0.2) is 0 Å². The molecule has 0 aliphatic heterocycles. The van der Waals surface area contributed by atoms with E-state index in [-0.39, 0.29) is 0 Å². The normalized spacial score (nSPS) is 12.8. The van der Waals surface area contributed by atoms with Crippen molar-refractivity contribution in [3.8, 4) is 0 Å². The molecule has 0 bridgehead atoms. The summed E-state index contributed by atoms with van der Waals surface area (Å²) in [5.41, 5.74) is 2.43. The Hall–Kier alpha value is -0.890. The molecule has 1 atom stereocenters. The van der Waals surface area contributed by atoms with Gasteiger partial charge in [0.05, 0.1) is 0 Å². The van der Waals surface area contributed by atoms with Gasteiger partial charge < -0.3 is 5.32 Å². The van der Waals surface area contributed by atoms with Crippen LogP contribution in [-0.2, 0) is 0 Å². The van der Waals surface area contributed by atoms with Crippen molar-refractivity contribution in [2.75, 3.05) is 6.54 Å². The molecule has 72 valence electrons. The Morgan fingerprint density at radius 2 is 2.31 bits per heavy atom. The fourth-order valence-electron chi connectivity index (χ4n) is 1.43. The van der Waals surface area contributed by atoms with Crippen molar-refractivity contribution >= 4 is 0 Å². The fraction of sp³-hybridized carbons (Fsp3) is 0.545. The van der Waals surface area contributed by atoms with Crippen LogP contribution in [0.2, 0.25) is 0 Å². The van der Waals surface area contributed by atoms with Crippen LogP contribution in [0.5, 0.6) is 0 Å². The summed E-state index contributed by atoms with van der Waals surface area (Å²) in [7, 11) is 0. The van der Waals surface area contributed by atoms with E-state index < -0.39 is 0 Å². The van der Waals surface area contributed by atoms with Crippen LogP contribution in [0, 0.1) is 6.92 Å². The number of hydrogen-bond acceptors (Lipinski definition) is 2. The molecule has 1 rings (SSSR count). The molecular formula is C11H18N2. The summed E-state index contributed by atoms with van der Waals surface area (Å²) in [6.07, 6.45) is 3.01. The highest BCUT2D eigenvalue weighted by Crippen LogP contribution is 2.14. The van der Waals surface area contributed by atoms with Gasteiger partial charge in [0.15, 0.2) is 0 Å². The number of nitrogens with zero attached hydrogens (tertiary/aromatic N) is 1. The highest BCUT2D eigenvalue weighted by molar-refractivity contribution is 5.21. The van der Waals surface area contributed by atoms with Gasteiger partial charge in [-0.1, -0.05) is 13.0 Å². The Kier molecular flexibility index (Phi) is 3.90. The minimum Gasteiger partial charge on any atom is -0.310 e. The zero-order chi connectivity index (χ0) is 9.68. The Balaban J connectivity index is 2.65. The third-order valence-electron chi connectivity index (χ3n) is 2.21. The summed E-state index contributed by atoms with van der Waals surface area (Å²) in [5, 5.41) is 3.45. The highest BCUT2D eigenvalue weighted by atomic mass is 14.9. The van der Waals surface area contributed by atoms with Crippen LogP contribution in [0.3, 0.4) is 0 Å². The molecule has 1 unspecified atom stereocenters. The summed E-state index contributed by atoms with van der Waals surface area (Å²) < 4.78 is 0. The molecule has 1 aromatic heterocycles. The topological polar surface area (TPSA) is 24.9 Å². The van der Waals surface area contributed by atoms with Gasteiger partial charge in [0, 0.05) is 17.9 Å². The van der Waals surface area contributed by atoms with Crippen molar-refractivity contribution in [2.45, 2.75) is 33.2 Å². The Morgan fingerprint density at radius 3 is 2.92 bits per heavy atom. The standard InChI is InChI=1S/C11H18N2/c1-4-7-12-9(2)11-6-5-8-13-10(11)3/h5-6,8-9,12H,4,7H2,1-3H3. The maximum Gasteiger partial charge on any atom is 0.0420 e. The van der Waals surface area contributed by atoms with Gasteiger partial charge in [-0.3, -0.25) is 4.98 Å².